The first-order chi connectivity index (χ1) is 7.04. The predicted molar refractivity (Wildman–Crippen MR) is 60.7 cm³/mol. The number of carbonyl (C=O) groups excluding carboxylic acids is 1. The quantitative estimate of drug-likeness (QED) is 0.683. The van der Waals surface area contributed by atoms with Gasteiger partial charge in [0.05, 0.1) is 10.8 Å². The van der Waals surface area contributed by atoms with Gasteiger partial charge in [-0.05, 0) is 29.5 Å². The molecule has 80 valence electrons. The van der Waals surface area contributed by atoms with Gasteiger partial charge in [0.15, 0.2) is 0 Å². The summed E-state index contributed by atoms with van der Waals surface area (Å²) in [6.45, 7) is 4.27. The standard InChI is InChI=1S/C12H14O2S/c1-12(2)5-6-15(14)11-4-3-9(8-13)7-10(11)12/h3-4,7-8H,5-6H2,1-2H3/t15-/m1/s1. The van der Waals surface area contributed by atoms with Gasteiger partial charge in [-0.1, -0.05) is 19.9 Å². The van der Waals surface area contributed by atoms with Crippen molar-refractivity contribution in [2.45, 2.75) is 30.6 Å². The third-order valence-corrected chi connectivity index (χ3v) is 4.45. The maximum Gasteiger partial charge on any atom is 0.150 e. The zero-order chi connectivity index (χ0) is 11.1. The molecule has 2 nitrogen and oxygen atoms in total. The van der Waals surface area contributed by atoms with Gasteiger partial charge in [-0.15, -0.1) is 0 Å². The minimum absolute atomic E-state index is 0.0300. The zero-order valence-electron chi connectivity index (χ0n) is 8.95. The molecule has 1 aromatic rings. The molecule has 3 heteroatoms. The van der Waals surface area contributed by atoms with Crippen LogP contribution in [0.1, 0.15) is 36.2 Å². The number of fused-ring (bicyclic) bond motifs is 1. The molecule has 1 atom stereocenters. The van der Waals surface area contributed by atoms with Crippen molar-refractivity contribution >= 4 is 17.1 Å². The van der Waals surface area contributed by atoms with Crippen LogP contribution in [0.5, 0.6) is 0 Å². The van der Waals surface area contributed by atoms with Crippen LogP contribution in [0.25, 0.3) is 0 Å². The Morgan fingerprint density at radius 3 is 2.80 bits per heavy atom. The molecule has 1 heterocycles. The average Bonchev–Trinajstić information content (AvgIpc) is 2.24. The van der Waals surface area contributed by atoms with Crippen molar-refractivity contribution in [1.29, 1.82) is 0 Å². The molecule has 2 rings (SSSR count). The second-order valence-electron chi connectivity index (χ2n) is 4.56. The highest BCUT2D eigenvalue weighted by atomic mass is 32.2. The maximum atomic E-state index is 11.8. The molecule has 0 spiro atoms. The maximum absolute atomic E-state index is 11.8. The molecule has 0 radical (unpaired) electrons. The molecule has 1 aliphatic heterocycles. The van der Waals surface area contributed by atoms with Crippen molar-refractivity contribution in [3.63, 3.8) is 0 Å². The van der Waals surface area contributed by atoms with E-state index in [2.05, 4.69) is 13.8 Å². The summed E-state index contributed by atoms with van der Waals surface area (Å²) in [5, 5.41) is 0. The van der Waals surface area contributed by atoms with Gasteiger partial charge in [0, 0.05) is 16.2 Å². The molecule has 0 fully saturated rings. The van der Waals surface area contributed by atoms with Crippen LogP contribution in [0.4, 0.5) is 0 Å². The van der Waals surface area contributed by atoms with E-state index < -0.39 is 10.8 Å². The number of rotatable bonds is 1. The first-order valence-corrected chi connectivity index (χ1v) is 6.34. The molecular formula is C12H14O2S. The molecule has 0 unspecified atom stereocenters. The van der Waals surface area contributed by atoms with E-state index in [1.807, 2.05) is 12.1 Å². The highest BCUT2D eigenvalue weighted by molar-refractivity contribution is 7.85. The molecule has 0 saturated carbocycles. The molecule has 0 saturated heterocycles. The van der Waals surface area contributed by atoms with Gasteiger partial charge in [0.25, 0.3) is 0 Å². The lowest BCUT2D eigenvalue weighted by atomic mass is 9.81. The molecule has 0 N–H and O–H groups in total. The Bertz CT molecular complexity index is 435. The number of hydrogen-bond acceptors (Lipinski definition) is 2. The van der Waals surface area contributed by atoms with E-state index in [9.17, 15) is 9.00 Å². The minimum atomic E-state index is -0.888. The lowest BCUT2D eigenvalue weighted by Crippen LogP contribution is -2.27. The first kappa shape index (κ1) is 10.6. The molecule has 0 aliphatic carbocycles. The van der Waals surface area contributed by atoms with Crippen LogP contribution in [0, 0.1) is 0 Å². The fourth-order valence-corrected chi connectivity index (χ4v) is 3.66. The smallest absolute Gasteiger partial charge is 0.150 e. The van der Waals surface area contributed by atoms with Crippen LogP contribution < -0.4 is 0 Å². The van der Waals surface area contributed by atoms with Crippen molar-refractivity contribution in [2.24, 2.45) is 0 Å². The van der Waals surface area contributed by atoms with Crippen LogP contribution in [-0.4, -0.2) is 16.2 Å². The number of carbonyl (C=O) groups is 1. The van der Waals surface area contributed by atoms with Crippen LogP contribution >= 0.6 is 0 Å². The highest BCUT2D eigenvalue weighted by Crippen LogP contribution is 2.36. The summed E-state index contributed by atoms with van der Waals surface area (Å²) in [4.78, 5) is 11.6. The SMILES string of the molecule is CC1(C)CC[S@@](=O)c2ccc(C=O)cc21. The van der Waals surface area contributed by atoms with E-state index >= 15 is 0 Å². The third kappa shape index (κ3) is 1.76. The molecule has 1 aromatic carbocycles. The van der Waals surface area contributed by atoms with Gasteiger partial charge in [-0.3, -0.25) is 9.00 Å². The highest BCUT2D eigenvalue weighted by Gasteiger charge is 2.30. The molecule has 1 aliphatic rings. The van der Waals surface area contributed by atoms with Crippen molar-refractivity contribution in [2.75, 3.05) is 5.75 Å². The second kappa shape index (κ2) is 3.56. The van der Waals surface area contributed by atoms with Crippen molar-refractivity contribution < 1.29 is 9.00 Å². The zero-order valence-corrected chi connectivity index (χ0v) is 9.76. The third-order valence-electron chi connectivity index (χ3n) is 3.03. The number of benzene rings is 1. The average molecular weight is 222 g/mol. The topological polar surface area (TPSA) is 34.1 Å². The Morgan fingerprint density at radius 1 is 1.40 bits per heavy atom. The first-order valence-electron chi connectivity index (χ1n) is 5.03. The Hall–Kier alpha value is -0.960. The van der Waals surface area contributed by atoms with Crippen molar-refractivity contribution in [1.82, 2.24) is 0 Å². The minimum Gasteiger partial charge on any atom is -0.298 e. The monoisotopic (exact) mass is 222 g/mol. The molecule has 0 aromatic heterocycles. The van der Waals surface area contributed by atoms with Gasteiger partial charge >= 0.3 is 0 Å². The normalized spacial score (nSPS) is 23.2. The molecule has 15 heavy (non-hydrogen) atoms. The number of aldehydes is 1. The van der Waals surface area contributed by atoms with Crippen LogP contribution in [0.3, 0.4) is 0 Å². The van der Waals surface area contributed by atoms with E-state index in [0.29, 0.717) is 5.56 Å². The Kier molecular flexibility index (Phi) is 2.51. The molecular weight excluding hydrogens is 208 g/mol. The van der Waals surface area contributed by atoms with E-state index in [4.69, 9.17) is 0 Å². The summed E-state index contributed by atoms with van der Waals surface area (Å²) < 4.78 is 11.8. The van der Waals surface area contributed by atoms with E-state index in [1.54, 1.807) is 6.07 Å². The fourth-order valence-electron chi connectivity index (χ4n) is 1.94. The van der Waals surface area contributed by atoms with Gasteiger partial charge in [0.1, 0.15) is 6.29 Å². The lowest BCUT2D eigenvalue weighted by molar-refractivity contribution is 0.112. The van der Waals surface area contributed by atoms with Crippen molar-refractivity contribution in [3.8, 4) is 0 Å². The van der Waals surface area contributed by atoms with Crippen LogP contribution in [0.15, 0.2) is 23.1 Å². The van der Waals surface area contributed by atoms with Gasteiger partial charge < -0.3 is 0 Å². The van der Waals surface area contributed by atoms with E-state index in [-0.39, 0.29) is 5.41 Å². The van der Waals surface area contributed by atoms with Crippen molar-refractivity contribution in [3.05, 3.63) is 29.3 Å². The van der Waals surface area contributed by atoms with Gasteiger partial charge in [-0.25, -0.2) is 0 Å². The summed E-state index contributed by atoms with van der Waals surface area (Å²) in [6.07, 6.45) is 1.75. The largest absolute Gasteiger partial charge is 0.298 e. The van der Waals surface area contributed by atoms with Gasteiger partial charge in [0.2, 0.25) is 0 Å². The summed E-state index contributed by atoms with van der Waals surface area (Å²) in [6, 6.07) is 5.45. The second-order valence-corrected chi connectivity index (χ2v) is 6.10. The summed E-state index contributed by atoms with van der Waals surface area (Å²) in [7, 11) is -0.888. The van der Waals surface area contributed by atoms with Crippen LogP contribution in [-0.2, 0) is 16.2 Å². The Balaban J connectivity index is 2.63. The summed E-state index contributed by atoms with van der Waals surface area (Å²) in [5.74, 6) is 0.723. The van der Waals surface area contributed by atoms with E-state index in [0.717, 1.165) is 28.9 Å². The summed E-state index contributed by atoms with van der Waals surface area (Å²) >= 11 is 0. The molecule has 0 amide bonds. The fraction of sp³-hybridized carbons (Fsp3) is 0.417. The predicted octanol–water partition coefficient (Wildman–Crippen LogP) is 2.29. The summed E-state index contributed by atoms with van der Waals surface area (Å²) in [5.41, 5.74) is 1.76. The lowest BCUT2D eigenvalue weighted by Gasteiger charge is -2.31. The number of hydrogen-bond donors (Lipinski definition) is 0. The van der Waals surface area contributed by atoms with Gasteiger partial charge in [-0.2, -0.15) is 0 Å². The Morgan fingerprint density at radius 2 is 2.13 bits per heavy atom. The Labute approximate surface area is 92.2 Å². The van der Waals surface area contributed by atoms with E-state index in [1.165, 1.54) is 0 Å². The molecule has 0 bridgehead atoms. The van der Waals surface area contributed by atoms with Crippen LogP contribution in [0.2, 0.25) is 0 Å².